The molecule has 4 fully saturated rings. The molecule has 4 aromatic rings. The molecule has 2 aliphatic carbocycles. The Kier molecular flexibility index (Phi) is 10.9. The Hall–Kier alpha value is -4.34. The van der Waals surface area contributed by atoms with Crippen molar-refractivity contribution in [1.82, 2.24) is 36.1 Å². The fraction of sp³-hybridized carbons (Fsp3) is 0.551. The molecule has 2 saturated heterocycles. The van der Waals surface area contributed by atoms with Gasteiger partial charge in [-0.2, -0.15) is 0 Å². The number of nitrogens with one attached hydrogen (secondary N) is 5. The van der Waals surface area contributed by atoms with Crippen LogP contribution in [0.15, 0.2) is 79.0 Å². The Morgan fingerprint density at radius 3 is 1.57 bits per heavy atom. The molecule has 3 aromatic carbocycles. The summed E-state index contributed by atoms with van der Waals surface area (Å²) in [4.78, 5) is 35.8. The summed E-state index contributed by atoms with van der Waals surface area (Å²) in [6.07, 6.45) is 19.1. The van der Waals surface area contributed by atoms with Crippen LogP contribution in [0.4, 0.5) is 9.59 Å². The van der Waals surface area contributed by atoms with Crippen molar-refractivity contribution in [2.24, 2.45) is 11.8 Å². The smallest absolute Gasteiger partial charge is 0.315 e. The van der Waals surface area contributed by atoms with Crippen molar-refractivity contribution in [2.45, 2.75) is 139 Å². The van der Waals surface area contributed by atoms with Gasteiger partial charge in [0.25, 0.3) is 0 Å². The summed E-state index contributed by atoms with van der Waals surface area (Å²) in [5.41, 5.74) is 8.49. The van der Waals surface area contributed by atoms with Crippen molar-refractivity contribution < 1.29 is 9.59 Å². The molecule has 0 spiro atoms. The molecule has 6 aliphatic rings. The van der Waals surface area contributed by atoms with Crippen LogP contribution < -0.4 is 21.3 Å². The number of benzene rings is 3. The molecule has 10 rings (SSSR count). The molecule has 4 aliphatic heterocycles. The zero-order valence-electron chi connectivity index (χ0n) is 34.1. The van der Waals surface area contributed by atoms with Gasteiger partial charge in [0.1, 0.15) is 0 Å². The van der Waals surface area contributed by atoms with E-state index in [0.29, 0.717) is 37.1 Å². The van der Waals surface area contributed by atoms with Crippen LogP contribution in [-0.4, -0.2) is 64.6 Å². The third kappa shape index (κ3) is 7.77. The first-order valence-electron chi connectivity index (χ1n) is 22.9. The van der Waals surface area contributed by atoms with Crippen molar-refractivity contribution in [2.75, 3.05) is 19.6 Å². The van der Waals surface area contributed by atoms with Gasteiger partial charge in [0.15, 0.2) is 0 Å². The number of amides is 4. The van der Waals surface area contributed by atoms with Gasteiger partial charge in [-0.05, 0) is 155 Å². The summed E-state index contributed by atoms with van der Waals surface area (Å²) < 4.78 is 0. The number of carbonyl (C=O) groups excluding carboxylic acids is 2. The van der Waals surface area contributed by atoms with Gasteiger partial charge in [-0.3, -0.25) is 9.80 Å². The number of aromatic amines is 1. The van der Waals surface area contributed by atoms with Crippen LogP contribution in [0.1, 0.15) is 142 Å². The van der Waals surface area contributed by atoms with Crippen LogP contribution in [0.3, 0.4) is 0 Å². The van der Waals surface area contributed by atoms with Gasteiger partial charge in [0.05, 0.1) is 6.04 Å². The number of H-pyrrole nitrogens is 1. The number of urea groups is 2. The third-order valence-electron chi connectivity index (χ3n) is 15.4. The van der Waals surface area contributed by atoms with E-state index in [-0.39, 0.29) is 30.2 Å². The molecule has 4 bridgehead atoms. The van der Waals surface area contributed by atoms with Crippen molar-refractivity contribution in [3.8, 4) is 0 Å². The first-order valence-corrected chi connectivity index (χ1v) is 22.9. The largest absolute Gasteiger partial charge is 0.361 e. The fourth-order valence-electron chi connectivity index (χ4n) is 12.4. The van der Waals surface area contributed by atoms with Crippen molar-refractivity contribution in [1.29, 1.82) is 0 Å². The molecule has 2 saturated carbocycles. The summed E-state index contributed by atoms with van der Waals surface area (Å²) in [7, 11) is 0. The SMILES string of the molecule is O=C(NCC(Cc1c[nH]c2ccccc12)NC(=O)NC1CCC(CCN2[C@@H]3CC[C@H]2c2ccccc23)CC1)NC1CCC(CCN2C3CC[C@@H]2c2ccccc23)CC1. The lowest BCUT2D eigenvalue weighted by Crippen LogP contribution is -2.53. The van der Waals surface area contributed by atoms with Gasteiger partial charge in [0, 0.05) is 59.9 Å². The highest BCUT2D eigenvalue weighted by molar-refractivity contribution is 5.83. The number of nitrogens with zero attached hydrogens (tertiary/aromatic N) is 2. The molecular weight excluding hydrogens is 719 g/mol. The van der Waals surface area contributed by atoms with E-state index in [9.17, 15) is 9.59 Å². The van der Waals surface area contributed by atoms with Gasteiger partial charge in [0.2, 0.25) is 0 Å². The Morgan fingerprint density at radius 2 is 1.05 bits per heavy atom. The first-order chi connectivity index (χ1) is 28.5. The first kappa shape index (κ1) is 37.9. The second-order valence-corrected chi connectivity index (χ2v) is 18.7. The number of hydrogen-bond acceptors (Lipinski definition) is 4. The quantitative estimate of drug-likeness (QED) is 0.0933. The standard InChI is InChI=1S/C49H63N7O2/c57-48(52-35-17-13-32(14-18-35)25-27-55-44-21-22-45(55)40-9-2-1-8-39(40)44)51-31-37(29-34-30-50-43-12-6-5-7-38(34)43)54-49(58)53-36-19-15-33(16-20-36)26-28-56-46-23-24-47(56)42-11-4-3-10-41(42)46/h1-12,30,32-33,35-37,44-47,50H,13-29,31H2,(H2,51,52,57)(H2,53,54,58)/t32?,33?,35?,36?,37?,44-,45?,46-,47+/m1/s1. The summed E-state index contributed by atoms with van der Waals surface area (Å²) in [6.45, 7) is 2.73. The van der Waals surface area contributed by atoms with Crippen LogP contribution in [0.5, 0.6) is 0 Å². The highest BCUT2D eigenvalue weighted by atomic mass is 16.2. The molecule has 2 unspecified atom stereocenters. The number of hydrogen-bond donors (Lipinski definition) is 5. The van der Waals surface area contributed by atoms with Crippen LogP contribution in [0, 0.1) is 11.8 Å². The van der Waals surface area contributed by atoms with Crippen molar-refractivity contribution >= 4 is 23.0 Å². The molecule has 5 atom stereocenters. The van der Waals surface area contributed by atoms with E-state index in [1.54, 1.807) is 22.3 Å². The maximum atomic E-state index is 13.5. The minimum atomic E-state index is -0.246. The summed E-state index contributed by atoms with van der Waals surface area (Å²) in [6, 6.07) is 28.8. The molecule has 5 heterocycles. The molecule has 0 radical (unpaired) electrons. The zero-order chi connectivity index (χ0) is 39.0. The minimum Gasteiger partial charge on any atom is -0.361 e. The minimum absolute atomic E-state index is 0.133. The van der Waals surface area contributed by atoms with E-state index in [1.165, 1.54) is 64.5 Å². The fourth-order valence-corrected chi connectivity index (χ4v) is 12.4. The summed E-state index contributed by atoms with van der Waals surface area (Å²) in [5, 5.41) is 14.2. The Bertz CT molecular complexity index is 2000. The maximum absolute atomic E-state index is 13.5. The monoisotopic (exact) mass is 782 g/mol. The molecule has 58 heavy (non-hydrogen) atoms. The lowest BCUT2D eigenvalue weighted by atomic mass is 9.84. The average molecular weight is 782 g/mol. The summed E-state index contributed by atoms with van der Waals surface area (Å²) in [5.74, 6) is 1.45. The molecule has 4 amide bonds. The third-order valence-corrected chi connectivity index (χ3v) is 15.4. The van der Waals surface area contributed by atoms with Crippen LogP contribution in [0.2, 0.25) is 0 Å². The van der Waals surface area contributed by atoms with Gasteiger partial charge >= 0.3 is 12.1 Å². The Labute approximate surface area is 344 Å². The van der Waals surface area contributed by atoms with E-state index in [0.717, 1.165) is 66.8 Å². The topological polar surface area (TPSA) is 105 Å². The number of para-hydroxylation sites is 1. The normalized spacial score (nSPS) is 29.2. The van der Waals surface area contributed by atoms with Gasteiger partial charge < -0.3 is 26.3 Å². The predicted octanol–water partition coefficient (Wildman–Crippen LogP) is 9.36. The average Bonchev–Trinajstić information content (AvgIpc) is 4.09. The lowest BCUT2D eigenvalue weighted by Gasteiger charge is -2.32. The van der Waals surface area contributed by atoms with E-state index in [4.69, 9.17) is 0 Å². The number of fused-ring (bicyclic) bond motifs is 11. The number of aromatic nitrogens is 1. The molecule has 306 valence electrons. The van der Waals surface area contributed by atoms with E-state index in [1.807, 2.05) is 12.3 Å². The lowest BCUT2D eigenvalue weighted by molar-refractivity contribution is 0.184. The Balaban J connectivity index is 0.673. The second-order valence-electron chi connectivity index (χ2n) is 18.7. The molecule has 9 nitrogen and oxygen atoms in total. The van der Waals surface area contributed by atoms with Crippen LogP contribution in [0.25, 0.3) is 10.9 Å². The van der Waals surface area contributed by atoms with Crippen LogP contribution >= 0.6 is 0 Å². The van der Waals surface area contributed by atoms with Gasteiger partial charge in [-0.1, -0.05) is 66.7 Å². The highest BCUT2D eigenvalue weighted by Crippen LogP contribution is 2.54. The number of carbonyl (C=O) groups is 2. The molecule has 5 N–H and O–H groups in total. The highest BCUT2D eigenvalue weighted by Gasteiger charge is 2.44. The molecular formula is C49H63N7O2. The summed E-state index contributed by atoms with van der Waals surface area (Å²) >= 11 is 0. The van der Waals surface area contributed by atoms with Crippen molar-refractivity contribution in [3.05, 3.63) is 107 Å². The van der Waals surface area contributed by atoms with Crippen molar-refractivity contribution in [3.63, 3.8) is 0 Å². The molecule has 9 heteroatoms. The number of rotatable bonds is 13. The van der Waals surface area contributed by atoms with Crippen LogP contribution in [-0.2, 0) is 6.42 Å². The predicted molar refractivity (Wildman–Crippen MR) is 230 cm³/mol. The van der Waals surface area contributed by atoms with Gasteiger partial charge in [-0.15, -0.1) is 0 Å². The van der Waals surface area contributed by atoms with Gasteiger partial charge in [-0.25, -0.2) is 9.59 Å². The molecule has 1 aromatic heterocycles. The van der Waals surface area contributed by atoms with E-state index >= 15 is 0 Å². The zero-order valence-corrected chi connectivity index (χ0v) is 34.1. The van der Waals surface area contributed by atoms with E-state index in [2.05, 4.69) is 103 Å². The Morgan fingerprint density at radius 1 is 0.586 bits per heavy atom. The van der Waals surface area contributed by atoms with E-state index < -0.39 is 0 Å². The second kappa shape index (κ2) is 16.7. The maximum Gasteiger partial charge on any atom is 0.315 e.